The molecular formula is C19H28O2. The molecule has 0 saturated carbocycles. The van der Waals surface area contributed by atoms with Gasteiger partial charge in [-0.25, -0.2) is 4.79 Å². The summed E-state index contributed by atoms with van der Waals surface area (Å²) in [5.41, 5.74) is 1.74. The van der Waals surface area contributed by atoms with E-state index in [4.69, 9.17) is 5.11 Å². The van der Waals surface area contributed by atoms with Crippen molar-refractivity contribution in [2.24, 2.45) is 0 Å². The van der Waals surface area contributed by atoms with Crippen LogP contribution in [0.25, 0.3) is 0 Å². The molecule has 0 aliphatic heterocycles. The van der Waals surface area contributed by atoms with E-state index in [1.54, 1.807) is 30.3 Å². The van der Waals surface area contributed by atoms with Gasteiger partial charge in [0.25, 0.3) is 0 Å². The van der Waals surface area contributed by atoms with Crippen molar-refractivity contribution >= 4 is 5.97 Å². The quantitative estimate of drug-likeness (QED) is 0.771. The SMILES string of the molecule is CC.CC.CCc1ccccc1.O=C(O)c1ccccc1. The zero-order valence-electron chi connectivity index (χ0n) is 13.8. The Morgan fingerprint density at radius 2 is 1.19 bits per heavy atom. The van der Waals surface area contributed by atoms with Crippen LogP contribution in [0.5, 0.6) is 0 Å². The van der Waals surface area contributed by atoms with Crippen molar-refractivity contribution < 1.29 is 9.90 Å². The Morgan fingerprint density at radius 1 is 0.810 bits per heavy atom. The van der Waals surface area contributed by atoms with Crippen LogP contribution < -0.4 is 0 Å². The average molecular weight is 288 g/mol. The molecule has 2 heteroatoms. The maximum atomic E-state index is 10.2. The summed E-state index contributed by atoms with van der Waals surface area (Å²) in [7, 11) is 0. The van der Waals surface area contributed by atoms with Crippen LogP contribution in [0.15, 0.2) is 60.7 Å². The van der Waals surface area contributed by atoms with Crippen molar-refractivity contribution in [2.45, 2.75) is 41.0 Å². The second kappa shape index (κ2) is 16.0. The van der Waals surface area contributed by atoms with Gasteiger partial charge in [0, 0.05) is 0 Å². The number of rotatable bonds is 2. The van der Waals surface area contributed by atoms with E-state index in [0.29, 0.717) is 5.56 Å². The minimum atomic E-state index is -0.879. The molecule has 0 aliphatic rings. The number of carboxylic acid groups (broad SMARTS) is 1. The van der Waals surface area contributed by atoms with Crippen LogP contribution >= 0.6 is 0 Å². The first-order valence-electron chi connectivity index (χ1n) is 7.56. The number of hydrogen-bond donors (Lipinski definition) is 1. The van der Waals surface area contributed by atoms with E-state index in [0.717, 1.165) is 6.42 Å². The van der Waals surface area contributed by atoms with Crippen LogP contribution in [-0.2, 0) is 6.42 Å². The summed E-state index contributed by atoms with van der Waals surface area (Å²) in [5.74, 6) is -0.879. The van der Waals surface area contributed by atoms with E-state index in [9.17, 15) is 4.79 Å². The lowest BCUT2D eigenvalue weighted by Crippen LogP contribution is -1.93. The Morgan fingerprint density at radius 3 is 1.43 bits per heavy atom. The lowest BCUT2D eigenvalue weighted by atomic mass is 10.2. The van der Waals surface area contributed by atoms with E-state index in [2.05, 4.69) is 31.2 Å². The second-order valence-electron chi connectivity index (χ2n) is 3.51. The summed E-state index contributed by atoms with van der Waals surface area (Å²) < 4.78 is 0. The summed E-state index contributed by atoms with van der Waals surface area (Å²) >= 11 is 0. The van der Waals surface area contributed by atoms with Crippen molar-refractivity contribution in [3.8, 4) is 0 Å². The molecule has 0 spiro atoms. The molecule has 0 unspecified atom stereocenters. The van der Waals surface area contributed by atoms with Gasteiger partial charge in [-0.1, -0.05) is 83.1 Å². The molecule has 0 amide bonds. The van der Waals surface area contributed by atoms with Crippen molar-refractivity contribution in [3.63, 3.8) is 0 Å². The van der Waals surface area contributed by atoms with Gasteiger partial charge in [-0.2, -0.15) is 0 Å². The highest BCUT2D eigenvalue weighted by Gasteiger charge is 1.96. The number of aromatic carboxylic acids is 1. The molecule has 21 heavy (non-hydrogen) atoms. The minimum Gasteiger partial charge on any atom is -0.478 e. The predicted molar refractivity (Wildman–Crippen MR) is 91.9 cm³/mol. The van der Waals surface area contributed by atoms with Crippen LogP contribution in [0.2, 0.25) is 0 Å². The molecule has 0 aliphatic carbocycles. The molecule has 0 saturated heterocycles. The minimum absolute atomic E-state index is 0.331. The van der Waals surface area contributed by atoms with E-state index in [-0.39, 0.29) is 0 Å². The number of hydrogen-bond acceptors (Lipinski definition) is 1. The number of benzene rings is 2. The van der Waals surface area contributed by atoms with Gasteiger partial charge in [-0.3, -0.25) is 0 Å². The topological polar surface area (TPSA) is 37.3 Å². The van der Waals surface area contributed by atoms with Gasteiger partial charge in [0.05, 0.1) is 5.56 Å². The van der Waals surface area contributed by atoms with Crippen molar-refractivity contribution in [1.82, 2.24) is 0 Å². The van der Waals surface area contributed by atoms with E-state index in [1.165, 1.54) is 5.56 Å². The normalized spacial score (nSPS) is 7.86. The molecule has 0 bridgehead atoms. The standard InChI is InChI=1S/C8H10.C7H6O2.2C2H6/c1-2-8-6-4-3-5-7-8;8-7(9)6-4-2-1-3-5-6;2*1-2/h3-7H,2H2,1H3;1-5H,(H,8,9);2*1-2H3. The Kier molecular flexibility index (Phi) is 16.1. The maximum Gasteiger partial charge on any atom is 0.335 e. The molecule has 0 heterocycles. The first kappa shape index (κ1) is 21.2. The summed E-state index contributed by atoms with van der Waals surface area (Å²) in [4.78, 5) is 10.2. The van der Waals surface area contributed by atoms with Crippen LogP contribution in [0.4, 0.5) is 0 Å². The summed E-state index contributed by atoms with van der Waals surface area (Å²) in [5, 5.41) is 8.38. The van der Waals surface area contributed by atoms with Crippen molar-refractivity contribution in [2.75, 3.05) is 0 Å². The Labute approximate surface area is 129 Å². The zero-order valence-corrected chi connectivity index (χ0v) is 13.8. The monoisotopic (exact) mass is 288 g/mol. The third kappa shape index (κ3) is 11.4. The molecule has 2 rings (SSSR count). The van der Waals surface area contributed by atoms with Gasteiger partial charge >= 0.3 is 5.97 Å². The van der Waals surface area contributed by atoms with E-state index >= 15 is 0 Å². The number of aryl methyl sites for hydroxylation is 1. The number of carbonyl (C=O) groups is 1. The average Bonchev–Trinajstić information content (AvgIpc) is 2.60. The Bertz CT molecular complexity index is 436. The van der Waals surface area contributed by atoms with Gasteiger partial charge in [-0.15, -0.1) is 0 Å². The molecule has 0 aromatic heterocycles. The summed E-state index contributed by atoms with van der Waals surface area (Å²) in [6.45, 7) is 10.2. The van der Waals surface area contributed by atoms with Crippen LogP contribution in [0.1, 0.15) is 50.5 Å². The fraction of sp³-hybridized carbons (Fsp3) is 0.316. The summed E-state index contributed by atoms with van der Waals surface area (Å²) in [6, 6.07) is 18.8. The van der Waals surface area contributed by atoms with Gasteiger partial charge < -0.3 is 5.11 Å². The molecule has 0 fully saturated rings. The Balaban J connectivity index is 0. The molecule has 0 atom stereocenters. The third-order valence-electron chi connectivity index (χ3n) is 2.27. The maximum absolute atomic E-state index is 10.2. The van der Waals surface area contributed by atoms with Gasteiger partial charge in [-0.05, 0) is 24.1 Å². The predicted octanol–water partition coefficient (Wildman–Crippen LogP) is 5.69. The highest BCUT2D eigenvalue weighted by atomic mass is 16.4. The van der Waals surface area contributed by atoms with Gasteiger partial charge in [0.2, 0.25) is 0 Å². The fourth-order valence-electron chi connectivity index (χ4n) is 1.29. The largest absolute Gasteiger partial charge is 0.478 e. The van der Waals surface area contributed by atoms with Crippen molar-refractivity contribution in [1.29, 1.82) is 0 Å². The number of carboxylic acids is 1. The zero-order chi connectivity index (χ0) is 16.5. The second-order valence-corrected chi connectivity index (χ2v) is 3.51. The van der Waals surface area contributed by atoms with Gasteiger partial charge in [0.1, 0.15) is 0 Å². The van der Waals surface area contributed by atoms with E-state index in [1.807, 2.05) is 33.8 Å². The fourth-order valence-corrected chi connectivity index (χ4v) is 1.29. The summed E-state index contributed by atoms with van der Waals surface area (Å²) in [6.07, 6.45) is 1.14. The lowest BCUT2D eigenvalue weighted by Gasteiger charge is -1.89. The molecule has 116 valence electrons. The molecule has 2 nitrogen and oxygen atoms in total. The van der Waals surface area contributed by atoms with Crippen molar-refractivity contribution in [3.05, 3.63) is 71.8 Å². The first-order valence-corrected chi connectivity index (χ1v) is 7.56. The molecule has 2 aromatic rings. The van der Waals surface area contributed by atoms with Crippen LogP contribution in [0.3, 0.4) is 0 Å². The third-order valence-corrected chi connectivity index (χ3v) is 2.27. The lowest BCUT2D eigenvalue weighted by molar-refractivity contribution is 0.0697. The van der Waals surface area contributed by atoms with Gasteiger partial charge in [0.15, 0.2) is 0 Å². The smallest absolute Gasteiger partial charge is 0.335 e. The molecular weight excluding hydrogens is 260 g/mol. The van der Waals surface area contributed by atoms with Crippen LogP contribution in [0, 0.1) is 0 Å². The molecule has 1 N–H and O–H groups in total. The Hall–Kier alpha value is -2.09. The molecule has 0 radical (unpaired) electrons. The van der Waals surface area contributed by atoms with Crippen LogP contribution in [-0.4, -0.2) is 11.1 Å². The highest BCUT2D eigenvalue weighted by molar-refractivity contribution is 5.87. The molecule has 2 aromatic carbocycles. The van der Waals surface area contributed by atoms with E-state index < -0.39 is 5.97 Å². The first-order chi connectivity index (χ1) is 10.2. The highest BCUT2D eigenvalue weighted by Crippen LogP contribution is 1.97.